The highest BCUT2D eigenvalue weighted by Crippen LogP contribution is 2.17. The molecule has 1 aromatic heterocycles. The van der Waals surface area contributed by atoms with Crippen molar-refractivity contribution < 1.29 is 13.2 Å². The average molecular weight is 397 g/mol. The van der Waals surface area contributed by atoms with Crippen LogP contribution in [0, 0.1) is 6.92 Å². The Morgan fingerprint density at radius 2 is 1.88 bits per heavy atom. The maximum absolute atomic E-state index is 12.3. The second-order valence-electron chi connectivity index (χ2n) is 6.00. The van der Waals surface area contributed by atoms with Crippen molar-refractivity contribution in [2.24, 2.45) is 0 Å². The Balaban J connectivity index is 1.92. The van der Waals surface area contributed by atoms with Crippen LogP contribution in [0.3, 0.4) is 0 Å². The lowest BCUT2D eigenvalue weighted by atomic mass is 10.3. The quantitative estimate of drug-likeness (QED) is 0.712. The minimum atomic E-state index is -3.33. The number of nitrogens with zero attached hydrogens (tertiary/aromatic N) is 2. The number of carbonyl (C=O) groups excluding carboxylic acids is 1. The molecular weight excluding hydrogens is 372 g/mol. The van der Waals surface area contributed by atoms with Crippen molar-refractivity contribution in [1.82, 2.24) is 9.88 Å². The summed E-state index contributed by atoms with van der Waals surface area (Å²) in [5.74, 6) is 0.101. The lowest BCUT2D eigenvalue weighted by molar-refractivity contribution is 0.221. The lowest BCUT2D eigenvalue weighted by Crippen LogP contribution is -2.30. The van der Waals surface area contributed by atoms with Crippen LogP contribution in [-0.4, -0.2) is 37.1 Å². The summed E-state index contributed by atoms with van der Waals surface area (Å²) in [6.07, 6.45) is 1.44. The number of nitrogens with one attached hydrogen (secondary N) is 2. The molecule has 0 bridgehead atoms. The number of aromatic nitrogens is 1. The third kappa shape index (κ3) is 5.99. The zero-order valence-corrected chi connectivity index (χ0v) is 16.8. The predicted molar refractivity (Wildman–Crippen MR) is 106 cm³/mol. The zero-order chi connectivity index (χ0) is 19.2. The summed E-state index contributed by atoms with van der Waals surface area (Å²) in [6, 6.07) is 6.36. The maximum Gasteiger partial charge on any atom is 0.321 e. The van der Waals surface area contributed by atoms with Gasteiger partial charge < -0.3 is 10.2 Å². The van der Waals surface area contributed by atoms with Crippen LogP contribution in [0.5, 0.6) is 0 Å². The smallest absolute Gasteiger partial charge is 0.321 e. The second-order valence-corrected chi connectivity index (χ2v) is 8.78. The summed E-state index contributed by atoms with van der Waals surface area (Å²) in [5, 5.41) is 2.79. The van der Waals surface area contributed by atoms with E-state index in [1.807, 2.05) is 13.8 Å². The molecule has 0 unspecified atom stereocenters. The van der Waals surface area contributed by atoms with Gasteiger partial charge in [-0.1, -0.05) is 13.3 Å². The molecule has 2 aromatic rings. The summed E-state index contributed by atoms with van der Waals surface area (Å²) in [6.45, 7) is 4.34. The van der Waals surface area contributed by atoms with Gasteiger partial charge in [-0.25, -0.2) is 18.2 Å². The molecule has 142 valence electrons. The fourth-order valence-corrected chi connectivity index (χ4v) is 4.27. The zero-order valence-electron chi connectivity index (χ0n) is 15.2. The molecule has 2 amide bonds. The Morgan fingerprint density at radius 3 is 2.46 bits per heavy atom. The lowest BCUT2D eigenvalue weighted by Gasteiger charge is -2.17. The molecule has 0 aliphatic heterocycles. The summed E-state index contributed by atoms with van der Waals surface area (Å²) < 4.78 is 26.3. The molecule has 1 heterocycles. The van der Waals surface area contributed by atoms with E-state index in [1.165, 1.54) is 11.3 Å². The van der Waals surface area contributed by atoms with Crippen LogP contribution >= 0.6 is 11.3 Å². The second kappa shape index (κ2) is 9.00. The number of amides is 2. The molecule has 0 aliphatic carbocycles. The number of benzene rings is 1. The van der Waals surface area contributed by atoms with Crippen LogP contribution in [0.15, 0.2) is 29.8 Å². The number of hydrogen-bond donors (Lipinski definition) is 2. The number of urea groups is 1. The Hall–Kier alpha value is -2.13. The molecule has 0 aliphatic rings. The highest BCUT2D eigenvalue weighted by atomic mass is 32.2. The van der Waals surface area contributed by atoms with Crippen LogP contribution in [0.25, 0.3) is 0 Å². The fraction of sp³-hybridized carbons (Fsp3) is 0.412. The van der Waals surface area contributed by atoms with E-state index < -0.39 is 10.0 Å². The molecular formula is C17H24N4O3S2. The topological polar surface area (TPSA) is 91.4 Å². The highest BCUT2D eigenvalue weighted by Gasteiger charge is 2.13. The fourth-order valence-electron chi connectivity index (χ4n) is 2.17. The van der Waals surface area contributed by atoms with Crippen molar-refractivity contribution >= 4 is 38.8 Å². The van der Waals surface area contributed by atoms with E-state index in [0.29, 0.717) is 24.3 Å². The highest BCUT2D eigenvalue weighted by molar-refractivity contribution is 7.92. The minimum Gasteiger partial charge on any atom is -0.322 e. The third-order valence-electron chi connectivity index (χ3n) is 3.75. The van der Waals surface area contributed by atoms with Crippen molar-refractivity contribution in [3.8, 4) is 0 Å². The van der Waals surface area contributed by atoms with E-state index in [-0.39, 0.29) is 11.8 Å². The van der Waals surface area contributed by atoms with Crippen LogP contribution in [0.4, 0.5) is 16.2 Å². The van der Waals surface area contributed by atoms with Crippen molar-refractivity contribution in [2.75, 3.05) is 22.8 Å². The predicted octanol–water partition coefficient (Wildman–Crippen LogP) is 3.66. The van der Waals surface area contributed by atoms with E-state index >= 15 is 0 Å². The van der Waals surface area contributed by atoms with Crippen molar-refractivity contribution in [2.45, 2.75) is 33.2 Å². The largest absolute Gasteiger partial charge is 0.322 e. The molecule has 2 N–H and O–H groups in total. The monoisotopic (exact) mass is 396 g/mol. The number of carbonyl (C=O) groups is 1. The molecule has 1 aromatic carbocycles. The number of sulfonamides is 1. The van der Waals surface area contributed by atoms with Gasteiger partial charge in [0.15, 0.2) is 0 Å². The van der Waals surface area contributed by atoms with E-state index in [9.17, 15) is 13.2 Å². The van der Waals surface area contributed by atoms with Gasteiger partial charge in [0.25, 0.3) is 0 Å². The number of aryl methyl sites for hydroxylation is 1. The number of anilines is 2. The van der Waals surface area contributed by atoms with Crippen LogP contribution in [0.1, 0.15) is 30.3 Å². The van der Waals surface area contributed by atoms with E-state index in [1.54, 1.807) is 41.7 Å². The molecule has 2 rings (SSSR count). The Bertz CT molecular complexity index is 832. The molecule has 0 atom stereocenters. The molecule has 7 nitrogen and oxygen atoms in total. The standard InChI is InChI=1S/C17H24N4O3S2/c1-4-5-10-26(23,24)20-15-8-6-14(7-9-15)19-17(22)21(3)11-16-13(2)18-12-25-16/h6-9,12,20H,4-5,10-11H2,1-3H3,(H,19,22). The number of rotatable bonds is 8. The first-order valence-electron chi connectivity index (χ1n) is 8.32. The van der Waals surface area contributed by atoms with Gasteiger partial charge in [-0.3, -0.25) is 4.72 Å². The Kier molecular flexibility index (Phi) is 6.98. The first kappa shape index (κ1) is 20.2. The summed E-state index contributed by atoms with van der Waals surface area (Å²) >= 11 is 1.52. The molecule has 0 radical (unpaired) electrons. The van der Waals surface area contributed by atoms with Crippen molar-refractivity contribution in [3.05, 3.63) is 40.3 Å². The molecule has 0 saturated heterocycles. The van der Waals surface area contributed by atoms with E-state index in [0.717, 1.165) is 17.0 Å². The maximum atomic E-state index is 12.3. The summed E-state index contributed by atoms with van der Waals surface area (Å²) in [4.78, 5) is 19.1. The van der Waals surface area contributed by atoms with Gasteiger partial charge in [0.1, 0.15) is 0 Å². The average Bonchev–Trinajstić information content (AvgIpc) is 2.99. The Labute approximate surface area is 158 Å². The Morgan fingerprint density at radius 1 is 1.23 bits per heavy atom. The first-order chi connectivity index (χ1) is 12.3. The van der Waals surface area contributed by atoms with Gasteiger partial charge >= 0.3 is 6.03 Å². The third-order valence-corrected chi connectivity index (χ3v) is 6.04. The normalized spacial score (nSPS) is 11.2. The number of unbranched alkanes of at least 4 members (excludes halogenated alkanes) is 1. The van der Waals surface area contributed by atoms with Gasteiger partial charge in [0.2, 0.25) is 10.0 Å². The first-order valence-corrected chi connectivity index (χ1v) is 10.9. The molecule has 26 heavy (non-hydrogen) atoms. The van der Waals surface area contributed by atoms with Gasteiger partial charge in [-0.2, -0.15) is 0 Å². The van der Waals surface area contributed by atoms with Crippen molar-refractivity contribution in [3.63, 3.8) is 0 Å². The molecule has 0 fully saturated rings. The van der Waals surface area contributed by atoms with Gasteiger partial charge in [-0.15, -0.1) is 11.3 Å². The minimum absolute atomic E-state index is 0.101. The molecule has 9 heteroatoms. The van der Waals surface area contributed by atoms with Gasteiger partial charge in [0, 0.05) is 23.3 Å². The van der Waals surface area contributed by atoms with Crippen LogP contribution < -0.4 is 10.0 Å². The molecule has 0 spiro atoms. The van der Waals surface area contributed by atoms with Crippen LogP contribution in [-0.2, 0) is 16.6 Å². The molecule has 0 saturated carbocycles. The van der Waals surface area contributed by atoms with Crippen LogP contribution in [0.2, 0.25) is 0 Å². The van der Waals surface area contributed by atoms with Crippen molar-refractivity contribution in [1.29, 1.82) is 0 Å². The van der Waals surface area contributed by atoms with Gasteiger partial charge in [0.05, 0.1) is 23.5 Å². The number of thiazole rings is 1. The summed E-state index contributed by atoms with van der Waals surface area (Å²) in [5.41, 5.74) is 3.76. The number of hydrogen-bond acceptors (Lipinski definition) is 5. The van der Waals surface area contributed by atoms with E-state index in [2.05, 4.69) is 15.0 Å². The SMILES string of the molecule is CCCCS(=O)(=O)Nc1ccc(NC(=O)N(C)Cc2scnc2C)cc1. The van der Waals surface area contributed by atoms with E-state index in [4.69, 9.17) is 0 Å². The summed E-state index contributed by atoms with van der Waals surface area (Å²) in [7, 11) is -1.62. The van der Waals surface area contributed by atoms with Gasteiger partial charge in [-0.05, 0) is 37.6 Å².